The summed E-state index contributed by atoms with van der Waals surface area (Å²) in [5.41, 5.74) is 2.30. The van der Waals surface area contributed by atoms with Gasteiger partial charge in [-0.1, -0.05) is 29.0 Å². The molecule has 110 valence electrons. The molecule has 0 atom stereocenters. The third kappa shape index (κ3) is 3.00. The molecule has 22 heavy (non-hydrogen) atoms. The molecule has 0 N–H and O–H groups in total. The molecule has 1 aromatic carbocycles. The molecule has 2 heterocycles. The van der Waals surface area contributed by atoms with Gasteiger partial charge in [-0.25, -0.2) is 4.68 Å². The molecular formula is C16H14N4OS. The standard InChI is InChI=1S/C16H14N4OS/c1-12-4-6-13(7-5-12)21-9-8-20-16(14(11-17)18-19-20)15-3-2-10-22-15/h2-7,10H,8-9H2,1H3. The Morgan fingerprint density at radius 3 is 2.77 bits per heavy atom. The summed E-state index contributed by atoms with van der Waals surface area (Å²) in [6.07, 6.45) is 0. The fraction of sp³-hybridized carbons (Fsp3) is 0.188. The lowest BCUT2D eigenvalue weighted by atomic mass is 10.2. The van der Waals surface area contributed by atoms with Gasteiger partial charge in [0.2, 0.25) is 0 Å². The minimum atomic E-state index is 0.345. The smallest absolute Gasteiger partial charge is 0.191 e. The van der Waals surface area contributed by atoms with Crippen LogP contribution < -0.4 is 4.74 Å². The number of nitriles is 1. The second-order valence-corrected chi connectivity index (χ2v) is 5.71. The van der Waals surface area contributed by atoms with Crippen molar-refractivity contribution in [3.8, 4) is 22.4 Å². The monoisotopic (exact) mass is 310 g/mol. The molecule has 3 rings (SSSR count). The summed E-state index contributed by atoms with van der Waals surface area (Å²) in [4.78, 5) is 0.983. The third-order valence-corrected chi connectivity index (χ3v) is 4.06. The molecule has 2 aromatic heterocycles. The zero-order chi connectivity index (χ0) is 15.4. The molecule has 0 radical (unpaired) electrons. The first-order valence-electron chi connectivity index (χ1n) is 6.85. The van der Waals surface area contributed by atoms with Crippen LogP contribution in [0.3, 0.4) is 0 Å². The Bertz CT molecular complexity index is 785. The van der Waals surface area contributed by atoms with E-state index in [4.69, 9.17) is 10.00 Å². The van der Waals surface area contributed by atoms with Gasteiger partial charge in [-0.3, -0.25) is 0 Å². The number of aromatic nitrogens is 3. The van der Waals surface area contributed by atoms with Gasteiger partial charge in [0.25, 0.3) is 0 Å². The van der Waals surface area contributed by atoms with Crippen molar-refractivity contribution in [2.45, 2.75) is 13.5 Å². The van der Waals surface area contributed by atoms with Crippen LogP contribution in [0, 0.1) is 18.3 Å². The molecule has 6 heteroatoms. The first-order chi connectivity index (χ1) is 10.8. The van der Waals surface area contributed by atoms with E-state index in [1.165, 1.54) is 5.56 Å². The van der Waals surface area contributed by atoms with E-state index >= 15 is 0 Å². The lowest BCUT2D eigenvalue weighted by molar-refractivity contribution is 0.290. The summed E-state index contributed by atoms with van der Waals surface area (Å²) in [6.45, 7) is 3.04. The van der Waals surface area contributed by atoms with Crippen LogP contribution >= 0.6 is 11.3 Å². The van der Waals surface area contributed by atoms with Gasteiger partial charge in [0, 0.05) is 0 Å². The van der Waals surface area contributed by atoms with E-state index in [0.29, 0.717) is 18.8 Å². The van der Waals surface area contributed by atoms with Crippen molar-refractivity contribution in [1.82, 2.24) is 15.0 Å². The van der Waals surface area contributed by atoms with Crippen molar-refractivity contribution >= 4 is 11.3 Å². The third-order valence-electron chi connectivity index (χ3n) is 3.19. The number of hydrogen-bond donors (Lipinski definition) is 0. The van der Waals surface area contributed by atoms with E-state index in [-0.39, 0.29) is 0 Å². The molecular weight excluding hydrogens is 296 g/mol. The molecule has 0 aliphatic carbocycles. The second kappa shape index (κ2) is 6.41. The van der Waals surface area contributed by atoms with E-state index in [0.717, 1.165) is 16.3 Å². The van der Waals surface area contributed by atoms with Crippen LogP contribution in [0.5, 0.6) is 5.75 Å². The second-order valence-electron chi connectivity index (χ2n) is 4.76. The van der Waals surface area contributed by atoms with Crippen LogP contribution in [-0.4, -0.2) is 21.6 Å². The summed E-state index contributed by atoms with van der Waals surface area (Å²) in [5, 5.41) is 19.1. The van der Waals surface area contributed by atoms with E-state index in [1.54, 1.807) is 16.0 Å². The van der Waals surface area contributed by atoms with Crippen LogP contribution in [0.4, 0.5) is 0 Å². The molecule has 0 saturated carbocycles. The summed E-state index contributed by atoms with van der Waals surface area (Å²) in [6, 6.07) is 13.9. The number of benzene rings is 1. The van der Waals surface area contributed by atoms with E-state index < -0.39 is 0 Å². The maximum atomic E-state index is 9.17. The molecule has 0 unspecified atom stereocenters. The highest BCUT2D eigenvalue weighted by Gasteiger charge is 2.15. The summed E-state index contributed by atoms with van der Waals surface area (Å²) in [7, 11) is 0. The number of aryl methyl sites for hydroxylation is 1. The molecule has 0 fully saturated rings. The first kappa shape index (κ1) is 14.3. The quantitative estimate of drug-likeness (QED) is 0.725. The molecule has 5 nitrogen and oxygen atoms in total. The predicted molar refractivity (Wildman–Crippen MR) is 84.7 cm³/mol. The highest BCUT2D eigenvalue weighted by Crippen LogP contribution is 2.26. The minimum absolute atomic E-state index is 0.345. The zero-order valence-corrected chi connectivity index (χ0v) is 12.9. The van der Waals surface area contributed by atoms with Crippen molar-refractivity contribution in [3.05, 3.63) is 53.0 Å². The fourth-order valence-electron chi connectivity index (χ4n) is 2.09. The van der Waals surface area contributed by atoms with Crippen molar-refractivity contribution in [2.24, 2.45) is 0 Å². The van der Waals surface area contributed by atoms with Gasteiger partial charge in [-0.15, -0.1) is 16.4 Å². The number of ether oxygens (including phenoxy) is 1. The number of thiophene rings is 1. The van der Waals surface area contributed by atoms with E-state index in [1.807, 2.05) is 48.7 Å². The van der Waals surface area contributed by atoms with Crippen LogP contribution in [0.2, 0.25) is 0 Å². The highest BCUT2D eigenvalue weighted by atomic mass is 32.1. The summed E-state index contributed by atoms with van der Waals surface area (Å²) >= 11 is 1.56. The average Bonchev–Trinajstić information content (AvgIpc) is 3.17. The zero-order valence-electron chi connectivity index (χ0n) is 12.1. The van der Waals surface area contributed by atoms with Crippen molar-refractivity contribution in [3.63, 3.8) is 0 Å². The Balaban J connectivity index is 1.72. The average molecular weight is 310 g/mol. The molecule has 0 amide bonds. The SMILES string of the molecule is Cc1ccc(OCCn2nnc(C#N)c2-c2cccs2)cc1. The lowest BCUT2D eigenvalue weighted by Gasteiger charge is -2.08. The Kier molecular flexibility index (Phi) is 4.17. The van der Waals surface area contributed by atoms with Gasteiger partial charge in [-0.2, -0.15) is 5.26 Å². The Morgan fingerprint density at radius 2 is 2.09 bits per heavy atom. The van der Waals surface area contributed by atoms with Crippen LogP contribution in [-0.2, 0) is 6.54 Å². The Morgan fingerprint density at radius 1 is 1.27 bits per heavy atom. The highest BCUT2D eigenvalue weighted by molar-refractivity contribution is 7.13. The fourth-order valence-corrected chi connectivity index (χ4v) is 2.86. The van der Waals surface area contributed by atoms with Gasteiger partial charge >= 0.3 is 0 Å². The molecule has 3 aromatic rings. The largest absolute Gasteiger partial charge is 0.492 e. The molecule has 0 saturated heterocycles. The van der Waals surface area contributed by atoms with Gasteiger partial charge in [0.1, 0.15) is 24.1 Å². The van der Waals surface area contributed by atoms with Crippen molar-refractivity contribution in [1.29, 1.82) is 5.26 Å². The number of nitrogens with zero attached hydrogens (tertiary/aromatic N) is 4. The molecule has 0 spiro atoms. The van der Waals surface area contributed by atoms with Gasteiger partial charge in [0.05, 0.1) is 11.4 Å². The number of hydrogen-bond acceptors (Lipinski definition) is 5. The van der Waals surface area contributed by atoms with Gasteiger partial charge in [-0.05, 0) is 30.5 Å². The van der Waals surface area contributed by atoms with Crippen molar-refractivity contribution in [2.75, 3.05) is 6.61 Å². The maximum Gasteiger partial charge on any atom is 0.191 e. The van der Waals surface area contributed by atoms with Crippen LogP contribution in [0.25, 0.3) is 10.6 Å². The van der Waals surface area contributed by atoms with Gasteiger partial charge < -0.3 is 4.74 Å². The Hall–Kier alpha value is -2.65. The Labute approximate surface area is 132 Å². The maximum absolute atomic E-state index is 9.17. The van der Waals surface area contributed by atoms with Gasteiger partial charge in [0.15, 0.2) is 5.69 Å². The summed E-state index contributed by atoms with van der Waals surface area (Å²) < 4.78 is 7.43. The normalized spacial score (nSPS) is 10.4. The molecule has 0 aliphatic rings. The van der Waals surface area contributed by atoms with E-state index in [2.05, 4.69) is 16.4 Å². The minimum Gasteiger partial charge on any atom is -0.492 e. The van der Waals surface area contributed by atoms with E-state index in [9.17, 15) is 0 Å². The number of rotatable bonds is 5. The molecule has 0 bridgehead atoms. The van der Waals surface area contributed by atoms with Crippen LogP contribution in [0.15, 0.2) is 41.8 Å². The summed E-state index contributed by atoms with van der Waals surface area (Å²) in [5.74, 6) is 0.823. The predicted octanol–water partition coefficient (Wildman–Crippen LogP) is 3.27. The lowest BCUT2D eigenvalue weighted by Crippen LogP contribution is -2.10. The molecule has 0 aliphatic heterocycles. The van der Waals surface area contributed by atoms with Crippen LogP contribution in [0.1, 0.15) is 11.3 Å². The topological polar surface area (TPSA) is 63.7 Å². The first-order valence-corrected chi connectivity index (χ1v) is 7.73. The van der Waals surface area contributed by atoms with Crippen molar-refractivity contribution < 1.29 is 4.74 Å².